The third-order valence-electron chi connectivity index (χ3n) is 3.19. The van der Waals surface area contributed by atoms with Gasteiger partial charge in [0.2, 0.25) is 0 Å². The Kier molecular flexibility index (Phi) is 4.15. The summed E-state index contributed by atoms with van der Waals surface area (Å²) >= 11 is 2.08. The van der Waals surface area contributed by atoms with E-state index in [1.165, 1.54) is 23.6 Å². The van der Waals surface area contributed by atoms with E-state index in [1.807, 2.05) is 17.9 Å². The summed E-state index contributed by atoms with van der Waals surface area (Å²) in [7, 11) is 1.97. The van der Waals surface area contributed by atoms with Crippen molar-refractivity contribution in [2.24, 2.45) is 12.5 Å². The molecule has 1 atom stereocenters. The first-order valence-corrected chi connectivity index (χ1v) is 7.50. The molecular weight excluding hydrogens is 230 g/mol. The van der Waals surface area contributed by atoms with E-state index < -0.39 is 0 Å². The minimum Gasteiger partial charge on any atom is -0.313 e. The summed E-state index contributed by atoms with van der Waals surface area (Å²) in [5.74, 6) is 2.55. The van der Waals surface area contributed by atoms with Crippen molar-refractivity contribution in [2.45, 2.75) is 32.7 Å². The van der Waals surface area contributed by atoms with Crippen LogP contribution < -0.4 is 5.32 Å². The van der Waals surface area contributed by atoms with Crippen molar-refractivity contribution < 1.29 is 0 Å². The van der Waals surface area contributed by atoms with Gasteiger partial charge in [-0.05, 0) is 23.7 Å². The van der Waals surface area contributed by atoms with E-state index in [4.69, 9.17) is 0 Å². The Morgan fingerprint density at radius 3 is 3.06 bits per heavy atom. The standard InChI is InChI=1S/C13H23N3S/c1-13(2)8-12(9-17-10-13)14-6-4-11-5-7-16(3)15-11/h5,7,12,14H,4,6,8-10H2,1-3H3. The second-order valence-corrected chi connectivity index (χ2v) is 6.80. The average molecular weight is 253 g/mol. The number of hydrogen-bond acceptors (Lipinski definition) is 3. The zero-order valence-corrected chi connectivity index (χ0v) is 11.9. The molecule has 0 radical (unpaired) electrons. The van der Waals surface area contributed by atoms with Gasteiger partial charge in [0, 0.05) is 38.0 Å². The zero-order valence-electron chi connectivity index (χ0n) is 11.1. The van der Waals surface area contributed by atoms with E-state index >= 15 is 0 Å². The smallest absolute Gasteiger partial charge is 0.0637 e. The van der Waals surface area contributed by atoms with Crippen LogP contribution in [0, 0.1) is 5.41 Å². The van der Waals surface area contributed by atoms with Gasteiger partial charge in [0.25, 0.3) is 0 Å². The summed E-state index contributed by atoms with van der Waals surface area (Å²) in [4.78, 5) is 0. The minimum absolute atomic E-state index is 0.492. The topological polar surface area (TPSA) is 29.9 Å². The molecule has 1 unspecified atom stereocenters. The number of nitrogens with one attached hydrogen (secondary N) is 1. The molecule has 0 bridgehead atoms. The molecule has 4 heteroatoms. The highest BCUT2D eigenvalue weighted by molar-refractivity contribution is 7.99. The molecule has 1 fully saturated rings. The summed E-state index contributed by atoms with van der Waals surface area (Å²) in [6, 6.07) is 2.77. The molecule has 1 saturated heterocycles. The Labute approximate surface area is 108 Å². The summed E-state index contributed by atoms with van der Waals surface area (Å²) in [6.07, 6.45) is 4.33. The van der Waals surface area contributed by atoms with Crippen LogP contribution in [0.5, 0.6) is 0 Å². The lowest BCUT2D eigenvalue weighted by Gasteiger charge is -2.35. The minimum atomic E-state index is 0.492. The van der Waals surface area contributed by atoms with Crippen LogP contribution in [-0.2, 0) is 13.5 Å². The second kappa shape index (κ2) is 5.44. The largest absolute Gasteiger partial charge is 0.313 e. The molecule has 2 heterocycles. The third-order valence-corrected chi connectivity index (χ3v) is 4.82. The molecule has 0 saturated carbocycles. The van der Waals surface area contributed by atoms with Crippen molar-refractivity contribution in [2.75, 3.05) is 18.1 Å². The molecule has 0 aliphatic carbocycles. The van der Waals surface area contributed by atoms with Crippen LogP contribution in [0.2, 0.25) is 0 Å². The van der Waals surface area contributed by atoms with Crippen LogP contribution in [0.25, 0.3) is 0 Å². The quantitative estimate of drug-likeness (QED) is 0.891. The maximum absolute atomic E-state index is 4.39. The van der Waals surface area contributed by atoms with E-state index in [1.54, 1.807) is 0 Å². The monoisotopic (exact) mass is 253 g/mol. The van der Waals surface area contributed by atoms with Gasteiger partial charge in [-0.2, -0.15) is 16.9 Å². The van der Waals surface area contributed by atoms with E-state index in [2.05, 4.69) is 42.1 Å². The predicted molar refractivity (Wildman–Crippen MR) is 74.4 cm³/mol. The van der Waals surface area contributed by atoms with Gasteiger partial charge in [0.05, 0.1) is 5.69 Å². The maximum atomic E-state index is 4.39. The summed E-state index contributed by atoms with van der Waals surface area (Å²) in [5.41, 5.74) is 1.67. The fourth-order valence-electron chi connectivity index (χ4n) is 2.39. The van der Waals surface area contributed by atoms with Gasteiger partial charge in [0.15, 0.2) is 0 Å². The molecule has 2 rings (SSSR count). The highest BCUT2D eigenvalue weighted by Crippen LogP contribution is 2.33. The number of rotatable bonds is 4. The maximum Gasteiger partial charge on any atom is 0.0637 e. The Morgan fingerprint density at radius 2 is 2.41 bits per heavy atom. The fourth-order valence-corrected chi connectivity index (χ4v) is 3.70. The van der Waals surface area contributed by atoms with Crippen molar-refractivity contribution in [3.63, 3.8) is 0 Å². The molecule has 17 heavy (non-hydrogen) atoms. The van der Waals surface area contributed by atoms with Crippen LogP contribution in [0.1, 0.15) is 26.0 Å². The molecule has 1 aliphatic heterocycles. The van der Waals surface area contributed by atoms with Crippen molar-refractivity contribution in [3.05, 3.63) is 18.0 Å². The van der Waals surface area contributed by atoms with Crippen LogP contribution in [0.3, 0.4) is 0 Å². The highest BCUT2D eigenvalue weighted by Gasteiger charge is 2.27. The first-order chi connectivity index (χ1) is 8.05. The Bertz CT molecular complexity index is 359. The molecule has 0 aromatic carbocycles. The summed E-state index contributed by atoms with van der Waals surface area (Å²) in [6.45, 7) is 5.78. The van der Waals surface area contributed by atoms with Crippen molar-refractivity contribution in [1.29, 1.82) is 0 Å². The lowest BCUT2D eigenvalue weighted by atomic mass is 9.88. The van der Waals surface area contributed by atoms with Gasteiger partial charge < -0.3 is 5.32 Å². The second-order valence-electron chi connectivity index (χ2n) is 5.77. The molecule has 0 amide bonds. The van der Waals surface area contributed by atoms with Crippen molar-refractivity contribution >= 4 is 11.8 Å². The molecular formula is C13H23N3S. The van der Waals surface area contributed by atoms with Gasteiger partial charge in [-0.3, -0.25) is 4.68 Å². The number of aryl methyl sites for hydroxylation is 1. The number of hydrogen-bond donors (Lipinski definition) is 1. The van der Waals surface area contributed by atoms with E-state index in [-0.39, 0.29) is 0 Å². The van der Waals surface area contributed by atoms with E-state index in [0.717, 1.165) is 13.0 Å². The first-order valence-electron chi connectivity index (χ1n) is 6.35. The summed E-state index contributed by atoms with van der Waals surface area (Å²) < 4.78 is 1.87. The van der Waals surface area contributed by atoms with Crippen molar-refractivity contribution in [3.8, 4) is 0 Å². The Balaban J connectivity index is 1.71. The molecule has 1 aromatic rings. The molecule has 0 spiro atoms. The SMILES string of the molecule is Cn1ccc(CCNC2CSCC(C)(C)C2)n1. The van der Waals surface area contributed by atoms with Gasteiger partial charge in [-0.1, -0.05) is 13.8 Å². The van der Waals surface area contributed by atoms with Gasteiger partial charge >= 0.3 is 0 Å². The average Bonchev–Trinajstić information content (AvgIpc) is 2.63. The number of thioether (sulfide) groups is 1. The predicted octanol–water partition coefficient (Wildman–Crippen LogP) is 2.08. The molecule has 1 aliphatic rings. The number of aromatic nitrogens is 2. The fraction of sp³-hybridized carbons (Fsp3) is 0.769. The van der Waals surface area contributed by atoms with Crippen LogP contribution in [0.15, 0.2) is 12.3 Å². The van der Waals surface area contributed by atoms with Crippen LogP contribution in [-0.4, -0.2) is 33.9 Å². The number of nitrogens with zero attached hydrogens (tertiary/aromatic N) is 2. The highest BCUT2D eigenvalue weighted by atomic mass is 32.2. The van der Waals surface area contributed by atoms with Crippen LogP contribution >= 0.6 is 11.8 Å². The normalized spacial score (nSPS) is 23.8. The zero-order chi connectivity index (χ0) is 12.3. The lowest BCUT2D eigenvalue weighted by Crippen LogP contribution is -2.41. The van der Waals surface area contributed by atoms with E-state index in [9.17, 15) is 0 Å². The van der Waals surface area contributed by atoms with Gasteiger partial charge in [-0.25, -0.2) is 0 Å². The molecule has 96 valence electrons. The van der Waals surface area contributed by atoms with Gasteiger partial charge in [-0.15, -0.1) is 0 Å². The molecule has 1 aromatic heterocycles. The van der Waals surface area contributed by atoms with Crippen molar-refractivity contribution in [1.82, 2.24) is 15.1 Å². The van der Waals surface area contributed by atoms with E-state index in [0.29, 0.717) is 11.5 Å². The Hall–Kier alpha value is -0.480. The van der Waals surface area contributed by atoms with Crippen LogP contribution in [0.4, 0.5) is 0 Å². The first kappa shape index (κ1) is 13.0. The molecule has 3 nitrogen and oxygen atoms in total. The lowest BCUT2D eigenvalue weighted by molar-refractivity contribution is 0.319. The third kappa shape index (κ3) is 4.03. The Morgan fingerprint density at radius 1 is 1.59 bits per heavy atom. The summed E-state index contributed by atoms with van der Waals surface area (Å²) in [5, 5.41) is 8.06. The molecule has 1 N–H and O–H groups in total. The van der Waals surface area contributed by atoms with Gasteiger partial charge in [0.1, 0.15) is 0 Å².